The summed E-state index contributed by atoms with van der Waals surface area (Å²) in [6.07, 6.45) is 11.5. The Morgan fingerprint density at radius 3 is 2.23 bits per heavy atom. The lowest BCUT2D eigenvalue weighted by Gasteiger charge is -2.37. The maximum absolute atomic E-state index is 14.9. The topological polar surface area (TPSA) is 84.4 Å². The van der Waals surface area contributed by atoms with E-state index in [-0.39, 0.29) is 24.3 Å². The minimum atomic E-state index is -0.871. The summed E-state index contributed by atoms with van der Waals surface area (Å²) in [4.78, 5) is 51.9. The molecule has 0 radical (unpaired) electrons. The van der Waals surface area contributed by atoms with Gasteiger partial charge in [-0.2, -0.15) is 0 Å². The molecule has 2 aromatic rings. The smallest absolute Gasteiger partial charge is 0.251 e. The van der Waals surface area contributed by atoms with Crippen molar-refractivity contribution < 1.29 is 19.5 Å². The molecule has 8 nitrogen and oxygen atoms in total. The highest BCUT2D eigenvalue weighted by molar-refractivity contribution is 8.02. The first-order chi connectivity index (χ1) is 22.8. The molecule has 0 saturated carbocycles. The van der Waals surface area contributed by atoms with E-state index in [1.165, 1.54) is 0 Å². The van der Waals surface area contributed by atoms with Crippen molar-refractivity contribution in [3.63, 3.8) is 0 Å². The van der Waals surface area contributed by atoms with Crippen LogP contribution in [0.2, 0.25) is 0 Å². The normalized spacial score (nSPS) is 28.3. The molecule has 2 saturated heterocycles. The van der Waals surface area contributed by atoms with Crippen molar-refractivity contribution in [1.82, 2.24) is 9.80 Å². The van der Waals surface area contributed by atoms with E-state index < -0.39 is 27.4 Å². The predicted molar refractivity (Wildman–Crippen MR) is 189 cm³/mol. The zero-order chi connectivity index (χ0) is 33.2. The monoisotopic (exact) mass is 656 g/mol. The van der Waals surface area contributed by atoms with Crippen LogP contribution >= 0.6 is 11.8 Å². The molecule has 3 amide bonds. The van der Waals surface area contributed by atoms with Crippen LogP contribution in [-0.2, 0) is 20.9 Å². The zero-order valence-electron chi connectivity index (χ0n) is 27.9. The molecular weight excluding hydrogens is 609 g/mol. The number of fused-ring (bicyclic) bond motifs is 2. The molecule has 1 spiro atoms. The van der Waals surface area contributed by atoms with Crippen LogP contribution in [0.15, 0.2) is 78.9 Å². The Hall–Kier alpha value is -3.56. The van der Waals surface area contributed by atoms with E-state index >= 15 is 0 Å². The third-order valence-electron chi connectivity index (χ3n) is 10.5. The number of anilines is 2. The molecule has 1 unspecified atom stereocenters. The van der Waals surface area contributed by atoms with Crippen molar-refractivity contribution in [1.29, 1.82) is 0 Å². The second kappa shape index (κ2) is 13.9. The van der Waals surface area contributed by atoms with E-state index in [9.17, 15) is 19.5 Å². The first kappa shape index (κ1) is 33.3. The van der Waals surface area contributed by atoms with E-state index in [0.29, 0.717) is 26.2 Å². The Labute approximate surface area is 283 Å². The van der Waals surface area contributed by atoms with E-state index in [0.717, 1.165) is 55.7 Å². The second-order valence-electron chi connectivity index (χ2n) is 13.3. The van der Waals surface area contributed by atoms with Gasteiger partial charge in [0.05, 0.1) is 16.6 Å². The number of nitrogens with zero attached hydrogens (tertiary/aromatic N) is 4. The summed E-state index contributed by atoms with van der Waals surface area (Å²) in [7, 11) is 0. The highest BCUT2D eigenvalue weighted by Crippen LogP contribution is 2.65. The molecule has 4 heterocycles. The molecule has 2 fully saturated rings. The van der Waals surface area contributed by atoms with Crippen LogP contribution in [0.5, 0.6) is 0 Å². The first-order valence-corrected chi connectivity index (χ1v) is 18.1. The number of aliphatic hydroxyl groups is 1. The average Bonchev–Trinajstić information content (AvgIpc) is 3.34. The second-order valence-corrected chi connectivity index (χ2v) is 15.1. The van der Waals surface area contributed by atoms with Crippen molar-refractivity contribution in [2.45, 2.75) is 68.5 Å². The number of carbonyl (C=O) groups is 3. The van der Waals surface area contributed by atoms with Crippen LogP contribution in [0.1, 0.15) is 52.0 Å². The number of amides is 3. The number of likely N-dealkylation sites (tertiary alicyclic amines) is 1. The number of thioether (sulfide) groups is 1. The average molecular weight is 657 g/mol. The summed E-state index contributed by atoms with van der Waals surface area (Å²) in [6, 6.07) is 17.4. The molecule has 0 aromatic heterocycles. The van der Waals surface area contributed by atoms with Gasteiger partial charge in [0.15, 0.2) is 0 Å². The minimum absolute atomic E-state index is 0.0263. The maximum Gasteiger partial charge on any atom is 0.251 e. The van der Waals surface area contributed by atoms with Crippen LogP contribution in [0.4, 0.5) is 11.4 Å². The van der Waals surface area contributed by atoms with Gasteiger partial charge in [0.25, 0.3) is 5.91 Å². The highest BCUT2D eigenvalue weighted by atomic mass is 32.2. The van der Waals surface area contributed by atoms with Gasteiger partial charge in [-0.15, -0.1) is 11.8 Å². The van der Waals surface area contributed by atoms with Crippen LogP contribution < -0.4 is 9.80 Å². The van der Waals surface area contributed by atoms with Crippen LogP contribution in [0.25, 0.3) is 0 Å². The molecule has 1 N–H and O–H groups in total. The van der Waals surface area contributed by atoms with Gasteiger partial charge in [-0.3, -0.25) is 14.4 Å². The minimum Gasteiger partial charge on any atom is -0.396 e. The largest absolute Gasteiger partial charge is 0.396 e. The number of hydrogen-bond donors (Lipinski definition) is 1. The molecular formula is C38H48N4O4S. The van der Waals surface area contributed by atoms with E-state index in [1.807, 2.05) is 58.3 Å². The van der Waals surface area contributed by atoms with Crippen LogP contribution in [0.3, 0.4) is 0 Å². The Kier molecular flexibility index (Phi) is 9.85. The number of benzene rings is 2. The molecule has 9 heteroatoms. The molecule has 6 rings (SSSR count). The van der Waals surface area contributed by atoms with Crippen molar-refractivity contribution in [3.05, 3.63) is 84.5 Å². The number of hydrogen-bond acceptors (Lipinski definition) is 6. The van der Waals surface area contributed by atoms with Gasteiger partial charge < -0.3 is 24.7 Å². The first-order valence-electron chi connectivity index (χ1n) is 17.2. The SMILES string of the molecule is CCN(CC)c1ccc(N2CC=C[C@]34S[C@]5(C)C=CCN(Cc6ccccc6)C(=O)[C@@H]5[C@H]3C(=O)N(CCCCCCO)C4C2=O)cc1. The Balaban J connectivity index is 1.36. The third kappa shape index (κ3) is 6.01. The van der Waals surface area contributed by atoms with Gasteiger partial charge in [-0.05, 0) is 63.4 Å². The number of carbonyl (C=O) groups excluding carboxylic acids is 3. The van der Waals surface area contributed by atoms with Gasteiger partial charge in [0, 0.05) is 62.0 Å². The summed E-state index contributed by atoms with van der Waals surface area (Å²) >= 11 is 1.63. The van der Waals surface area contributed by atoms with Crippen molar-refractivity contribution in [2.24, 2.45) is 11.8 Å². The van der Waals surface area contributed by atoms with Crippen molar-refractivity contribution in [3.8, 4) is 0 Å². The zero-order valence-corrected chi connectivity index (χ0v) is 28.7. The van der Waals surface area contributed by atoms with Crippen LogP contribution in [0, 0.1) is 11.8 Å². The lowest BCUT2D eigenvalue weighted by Crippen LogP contribution is -2.53. The number of aliphatic hydroxyl groups excluding tert-OH is 1. The number of rotatable bonds is 12. The lowest BCUT2D eigenvalue weighted by molar-refractivity contribution is -0.144. The van der Waals surface area contributed by atoms with Crippen molar-refractivity contribution >= 4 is 40.9 Å². The molecule has 250 valence electrons. The molecule has 0 bridgehead atoms. The molecule has 5 atom stereocenters. The Morgan fingerprint density at radius 1 is 0.830 bits per heavy atom. The fourth-order valence-corrected chi connectivity index (χ4v) is 10.3. The standard InChI is InChI=1S/C38H48N4O4S/c1-4-39(5-2)29-17-19-30(20-18-29)41-25-14-22-38-32(35(45)42(33(38)36(41)46)24-11-6-7-12-26-43)31-34(44)40(23-13-21-37(31,3)47-38)27-28-15-9-8-10-16-28/h8-10,13-22,31-33,43H,4-7,11-12,23-27H2,1-3H3/t31-,32-,33?,37+,38-/m0/s1. The number of unbranched alkanes of at least 4 members (excludes halogenated alkanes) is 3. The fourth-order valence-electron chi connectivity index (χ4n) is 8.17. The van der Waals surface area contributed by atoms with Gasteiger partial charge in [0.1, 0.15) is 6.04 Å². The molecule has 4 aliphatic heterocycles. The molecule has 47 heavy (non-hydrogen) atoms. The van der Waals surface area contributed by atoms with E-state index in [2.05, 4.69) is 56.0 Å². The summed E-state index contributed by atoms with van der Waals surface area (Å²) in [5.41, 5.74) is 2.96. The van der Waals surface area contributed by atoms with Crippen LogP contribution in [-0.4, -0.2) is 87.5 Å². The Bertz CT molecular complexity index is 1510. The quantitative estimate of drug-likeness (QED) is 0.248. The van der Waals surface area contributed by atoms with E-state index in [4.69, 9.17) is 0 Å². The third-order valence-corrected chi connectivity index (χ3v) is 12.3. The van der Waals surface area contributed by atoms with Crippen molar-refractivity contribution in [2.75, 3.05) is 49.1 Å². The van der Waals surface area contributed by atoms with Gasteiger partial charge in [-0.1, -0.05) is 67.5 Å². The Morgan fingerprint density at radius 2 is 1.53 bits per heavy atom. The summed E-state index contributed by atoms with van der Waals surface area (Å²) < 4.78 is -1.51. The van der Waals surface area contributed by atoms with Gasteiger partial charge in [-0.25, -0.2) is 0 Å². The molecule has 2 aromatic carbocycles. The van der Waals surface area contributed by atoms with E-state index in [1.54, 1.807) is 16.7 Å². The summed E-state index contributed by atoms with van der Waals surface area (Å²) in [5.74, 6) is -1.47. The molecule has 0 aliphatic carbocycles. The molecule has 4 aliphatic rings. The highest BCUT2D eigenvalue weighted by Gasteiger charge is 2.73. The fraction of sp³-hybridized carbons (Fsp3) is 0.500. The maximum atomic E-state index is 14.9. The summed E-state index contributed by atoms with van der Waals surface area (Å²) in [5, 5.41) is 9.29. The van der Waals surface area contributed by atoms with Gasteiger partial charge >= 0.3 is 0 Å². The lowest BCUT2D eigenvalue weighted by atomic mass is 9.74. The predicted octanol–water partition coefficient (Wildman–Crippen LogP) is 5.27. The van der Waals surface area contributed by atoms with Gasteiger partial charge in [0.2, 0.25) is 11.8 Å². The summed E-state index contributed by atoms with van der Waals surface area (Å²) in [6.45, 7) is 10.1.